The second-order valence-electron chi connectivity index (χ2n) is 8.08. The lowest BCUT2D eigenvalue weighted by molar-refractivity contribution is 0.821. The normalized spacial score (nSPS) is 10.6. The quantitative estimate of drug-likeness (QED) is 0.250. The highest BCUT2D eigenvalue weighted by molar-refractivity contribution is 9.10. The highest BCUT2D eigenvalue weighted by Crippen LogP contribution is 2.21. The second kappa shape index (κ2) is 11.4. The summed E-state index contributed by atoms with van der Waals surface area (Å²) in [6.45, 7) is 0. The van der Waals surface area contributed by atoms with Crippen LogP contribution in [0.1, 0.15) is 0 Å². The number of nitrogens with one attached hydrogen (secondary N) is 2. The van der Waals surface area contributed by atoms with Crippen LogP contribution in [0.5, 0.6) is 0 Å². The molecular formula is C28H20Br2N6O2. The third-order valence-electron chi connectivity index (χ3n) is 5.47. The molecule has 10 heteroatoms. The molecule has 188 valence electrons. The molecule has 0 spiro atoms. The lowest BCUT2D eigenvalue weighted by Gasteiger charge is -2.01. The van der Waals surface area contributed by atoms with E-state index in [1.54, 1.807) is 36.7 Å². The van der Waals surface area contributed by atoms with Crippen molar-refractivity contribution in [1.82, 2.24) is 29.5 Å². The van der Waals surface area contributed by atoms with Crippen molar-refractivity contribution in [3.63, 3.8) is 0 Å². The summed E-state index contributed by atoms with van der Waals surface area (Å²) >= 11 is 6.84. The minimum atomic E-state index is -0.131. The minimum Gasteiger partial charge on any atom is -0.289 e. The number of aromatic amines is 2. The maximum absolute atomic E-state index is 12.0. The molecule has 0 aliphatic rings. The molecule has 8 nitrogen and oxygen atoms in total. The monoisotopic (exact) mass is 630 g/mol. The molecule has 0 aliphatic heterocycles. The lowest BCUT2D eigenvalue weighted by atomic mass is 10.2. The van der Waals surface area contributed by atoms with Crippen LogP contribution in [0.2, 0.25) is 0 Å². The van der Waals surface area contributed by atoms with Gasteiger partial charge in [-0.15, -0.1) is 0 Å². The molecule has 0 atom stereocenters. The van der Waals surface area contributed by atoms with Gasteiger partial charge in [0, 0.05) is 44.6 Å². The first-order valence-corrected chi connectivity index (χ1v) is 13.1. The Hall–Kier alpha value is -4.28. The molecule has 2 N–H and O–H groups in total. The number of hydrogen-bond acceptors (Lipinski definition) is 4. The van der Waals surface area contributed by atoms with E-state index < -0.39 is 0 Å². The third-order valence-corrected chi connectivity index (χ3v) is 6.46. The average Bonchev–Trinajstić information content (AvgIpc) is 3.53. The van der Waals surface area contributed by atoms with E-state index in [0.717, 1.165) is 31.5 Å². The summed E-state index contributed by atoms with van der Waals surface area (Å²) in [5, 5.41) is 6.12. The zero-order chi connectivity index (χ0) is 26.5. The van der Waals surface area contributed by atoms with Crippen LogP contribution in [0.25, 0.3) is 34.2 Å². The average molecular weight is 632 g/mol. The smallest absolute Gasteiger partial charge is 0.273 e. The van der Waals surface area contributed by atoms with Crippen molar-refractivity contribution in [2.24, 2.45) is 0 Å². The van der Waals surface area contributed by atoms with Gasteiger partial charge in [0.2, 0.25) is 0 Å². The second-order valence-corrected chi connectivity index (χ2v) is 9.91. The Labute approximate surface area is 233 Å². The standard InChI is InChI=1S/2C14H10BrN3O/c2*15-11-5-3-4-10(8-11)12-9-14(19)18(17-12)13-6-1-2-7-16-13/h2*1-9,17H. The van der Waals surface area contributed by atoms with Gasteiger partial charge >= 0.3 is 0 Å². The number of H-pyrrole nitrogens is 2. The van der Waals surface area contributed by atoms with E-state index in [2.05, 4.69) is 52.0 Å². The van der Waals surface area contributed by atoms with Crippen LogP contribution in [0, 0.1) is 0 Å². The molecule has 2 aromatic carbocycles. The Bertz CT molecular complexity index is 1660. The van der Waals surface area contributed by atoms with Crippen molar-refractivity contribution in [3.05, 3.63) is 139 Å². The molecule has 0 amide bonds. The molecule has 0 saturated heterocycles. The highest BCUT2D eigenvalue weighted by Gasteiger charge is 2.09. The van der Waals surface area contributed by atoms with E-state index >= 15 is 0 Å². The summed E-state index contributed by atoms with van der Waals surface area (Å²) < 4.78 is 4.79. The van der Waals surface area contributed by atoms with Crippen LogP contribution in [-0.4, -0.2) is 29.5 Å². The number of rotatable bonds is 4. The van der Waals surface area contributed by atoms with E-state index in [0.29, 0.717) is 11.6 Å². The zero-order valence-corrected chi connectivity index (χ0v) is 22.9. The van der Waals surface area contributed by atoms with Crippen molar-refractivity contribution < 1.29 is 0 Å². The van der Waals surface area contributed by atoms with Gasteiger partial charge in [0.05, 0.1) is 11.4 Å². The number of hydrogen-bond donors (Lipinski definition) is 2. The Morgan fingerprint density at radius 3 is 1.37 bits per heavy atom. The predicted octanol–water partition coefficient (Wildman–Crippen LogP) is 5.98. The molecule has 6 aromatic rings. The summed E-state index contributed by atoms with van der Waals surface area (Å²) in [6, 6.07) is 29.5. The van der Waals surface area contributed by atoms with Gasteiger partial charge in [-0.05, 0) is 48.5 Å². The van der Waals surface area contributed by atoms with Gasteiger partial charge < -0.3 is 0 Å². The zero-order valence-electron chi connectivity index (χ0n) is 19.8. The van der Waals surface area contributed by atoms with Crippen LogP contribution < -0.4 is 11.1 Å². The molecule has 0 fully saturated rings. The molecule has 4 aromatic heterocycles. The van der Waals surface area contributed by atoms with Gasteiger partial charge in [-0.3, -0.25) is 19.8 Å². The van der Waals surface area contributed by atoms with Gasteiger partial charge in [0.1, 0.15) is 0 Å². The predicted molar refractivity (Wildman–Crippen MR) is 155 cm³/mol. The first kappa shape index (κ1) is 25.4. The first-order chi connectivity index (χ1) is 18.5. The van der Waals surface area contributed by atoms with Crippen LogP contribution >= 0.6 is 31.9 Å². The van der Waals surface area contributed by atoms with Crippen LogP contribution in [-0.2, 0) is 0 Å². The minimum absolute atomic E-state index is 0.131. The number of benzene rings is 2. The SMILES string of the molecule is O=c1cc(-c2cccc(Br)c2)[nH]n1-c1ccccn1.O=c1cc(-c2cccc(Br)c2)[nH]n1-c1ccccn1. The number of pyridine rings is 2. The molecule has 0 unspecified atom stereocenters. The van der Waals surface area contributed by atoms with Crippen molar-refractivity contribution in [2.75, 3.05) is 0 Å². The summed E-state index contributed by atoms with van der Waals surface area (Å²) in [5.41, 5.74) is 3.15. The third kappa shape index (κ3) is 5.82. The fourth-order valence-corrected chi connectivity index (χ4v) is 4.51. The van der Waals surface area contributed by atoms with Crippen molar-refractivity contribution in [2.45, 2.75) is 0 Å². The van der Waals surface area contributed by atoms with Crippen molar-refractivity contribution in [3.8, 4) is 34.2 Å². The molecule has 4 heterocycles. The van der Waals surface area contributed by atoms with Crippen molar-refractivity contribution in [1.29, 1.82) is 0 Å². The van der Waals surface area contributed by atoms with E-state index in [4.69, 9.17) is 0 Å². The van der Waals surface area contributed by atoms with Gasteiger partial charge in [0.25, 0.3) is 11.1 Å². The molecular weight excluding hydrogens is 612 g/mol. The molecule has 0 saturated carbocycles. The van der Waals surface area contributed by atoms with Crippen LogP contribution in [0.15, 0.2) is 128 Å². The van der Waals surface area contributed by atoms with Gasteiger partial charge in [-0.25, -0.2) is 19.3 Å². The van der Waals surface area contributed by atoms with Crippen molar-refractivity contribution >= 4 is 31.9 Å². The Morgan fingerprint density at radius 2 is 1.00 bits per heavy atom. The summed E-state index contributed by atoms with van der Waals surface area (Å²) in [5.74, 6) is 1.16. The maximum atomic E-state index is 12.0. The molecule has 0 radical (unpaired) electrons. The fourth-order valence-electron chi connectivity index (χ4n) is 3.71. The number of aromatic nitrogens is 6. The fraction of sp³-hybridized carbons (Fsp3) is 0. The van der Waals surface area contributed by atoms with Gasteiger partial charge in [-0.1, -0.05) is 68.3 Å². The molecule has 38 heavy (non-hydrogen) atoms. The Kier molecular flexibility index (Phi) is 7.62. The largest absolute Gasteiger partial charge is 0.289 e. The van der Waals surface area contributed by atoms with Crippen LogP contribution in [0.4, 0.5) is 0 Å². The Morgan fingerprint density at radius 1 is 0.553 bits per heavy atom. The molecule has 0 bridgehead atoms. The maximum Gasteiger partial charge on any atom is 0.273 e. The van der Waals surface area contributed by atoms with Gasteiger partial charge in [-0.2, -0.15) is 0 Å². The topological polar surface area (TPSA) is 101 Å². The first-order valence-electron chi connectivity index (χ1n) is 11.5. The van der Waals surface area contributed by atoms with E-state index in [1.165, 1.54) is 9.36 Å². The van der Waals surface area contributed by atoms with E-state index in [-0.39, 0.29) is 11.1 Å². The molecule has 6 rings (SSSR count). The number of halogens is 2. The summed E-state index contributed by atoms with van der Waals surface area (Å²) in [4.78, 5) is 32.3. The lowest BCUT2D eigenvalue weighted by Crippen LogP contribution is -2.14. The Balaban J connectivity index is 0.000000155. The van der Waals surface area contributed by atoms with E-state index in [9.17, 15) is 9.59 Å². The van der Waals surface area contributed by atoms with Crippen LogP contribution in [0.3, 0.4) is 0 Å². The van der Waals surface area contributed by atoms with E-state index in [1.807, 2.05) is 72.8 Å². The number of nitrogens with zero attached hydrogens (tertiary/aromatic N) is 4. The summed E-state index contributed by atoms with van der Waals surface area (Å²) in [6.07, 6.45) is 3.31. The highest BCUT2D eigenvalue weighted by atomic mass is 79.9. The van der Waals surface area contributed by atoms with Gasteiger partial charge in [0.15, 0.2) is 11.6 Å². The molecule has 0 aliphatic carbocycles. The summed E-state index contributed by atoms with van der Waals surface area (Å²) in [7, 11) is 0.